The van der Waals surface area contributed by atoms with Gasteiger partial charge in [0.25, 0.3) is 0 Å². The van der Waals surface area contributed by atoms with E-state index in [1.807, 2.05) is 0 Å². The molecule has 0 aromatic heterocycles. The summed E-state index contributed by atoms with van der Waals surface area (Å²) in [5.41, 5.74) is 2.59. The van der Waals surface area contributed by atoms with E-state index in [0.717, 1.165) is 12.8 Å². The third-order valence-electron chi connectivity index (χ3n) is 4.28. The minimum Gasteiger partial charge on any atom is -0.229 e. The van der Waals surface area contributed by atoms with E-state index in [-0.39, 0.29) is 11.8 Å². The maximum atomic E-state index is 11.6. The third kappa shape index (κ3) is 3.98. The lowest BCUT2D eigenvalue weighted by molar-refractivity contribution is 0.398. The van der Waals surface area contributed by atoms with Crippen molar-refractivity contribution in [3.8, 4) is 0 Å². The molecule has 1 aromatic rings. The van der Waals surface area contributed by atoms with Crippen LogP contribution in [0.15, 0.2) is 24.3 Å². The molecule has 1 fully saturated rings. The zero-order chi connectivity index (χ0) is 14.8. The highest BCUT2D eigenvalue weighted by atomic mass is 35.5. The lowest BCUT2D eigenvalue weighted by Gasteiger charge is -2.20. The average molecular weight is 315 g/mol. The second-order valence-electron chi connectivity index (χ2n) is 6.18. The summed E-state index contributed by atoms with van der Waals surface area (Å²) in [7, 11) is -2.82. The molecule has 0 aliphatic carbocycles. The molecule has 0 radical (unpaired) electrons. The number of hydrogen-bond acceptors (Lipinski definition) is 2. The Kier molecular flexibility index (Phi) is 5.14. The van der Waals surface area contributed by atoms with Crippen LogP contribution >= 0.6 is 11.6 Å². The largest absolute Gasteiger partial charge is 0.229 e. The summed E-state index contributed by atoms with van der Waals surface area (Å²) in [6, 6.07) is 8.63. The molecule has 2 unspecified atom stereocenters. The molecule has 1 saturated heterocycles. The lowest BCUT2D eigenvalue weighted by Crippen LogP contribution is -2.20. The molecule has 0 saturated carbocycles. The SMILES string of the molecule is CC(C)c1ccc(CC(CCl)C2CCS(=O)(=O)C2)cc1. The molecule has 112 valence electrons. The highest BCUT2D eigenvalue weighted by molar-refractivity contribution is 7.91. The Morgan fingerprint density at radius 3 is 2.35 bits per heavy atom. The molecule has 2 nitrogen and oxygen atoms in total. The van der Waals surface area contributed by atoms with Crippen LogP contribution in [-0.4, -0.2) is 25.8 Å². The maximum Gasteiger partial charge on any atom is 0.150 e. The number of hydrogen-bond donors (Lipinski definition) is 0. The van der Waals surface area contributed by atoms with E-state index in [1.165, 1.54) is 11.1 Å². The van der Waals surface area contributed by atoms with Gasteiger partial charge in [0.05, 0.1) is 11.5 Å². The molecular weight excluding hydrogens is 292 g/mol. The van der Waals surface area contributed by atoms with Gasteiger partial charge in [-0.1, -0.05) is 38.1 Å². The molecular formula is C16H23ClO2S. The Labute approximate surface area is 127 Å². The van der Waals surface area contributed by atoms with Crippen molar-refractivity contribution in [1.29, 1.82) is 0 Å². The Morgan fingerprint density at radius 2 is 1.90 bits per heavy atom. The fourth-order valence-corrected chi connectivity index (χ4v) is 5.16. The average Bonchev–Trinajstić information content (AvgIpc) is 2.76. The molecule has 20 heavy (non-hydrogen) atoms. The van der Waals surface area contributed by atoms with Crippen LogP contribution in [0.1, 0.15) is 37.3 Å². The predicted octanol–water partition coefficient (Wildman–Crippen LogP) is 3.64. The minimum absolute atomic E-state index is 0.224. The van der Waals surface area contributed by atoms with Crippen LogP contribution in [-0.2, 0) is 16.3 Å². The predicted molar refractivity (Wildman–Crippen MR) is 85.2 cm³/mol. The zero-order valence-corrected chi connectivity index (χ0v) is 13.8. The van der Waals surface area contributed by atoms with Gasteiger partial charge in [0.1, 0.15) is 0 Å². The minimum atomic E-state index is -2.82. The van der Waals surface area contributed by atoms with Gasteiger partial charge < -0.3 is 0 Å². The zero-order valence-electron chi connectivity index (χ0n) is 12.2. The second kappa shape index (κ2) is 6.48. The van der Waals surface area contributed by atoms with Crippen LogP contribution in [0.5, 0.6) is 0 Å². The molecule has 0 bridgehead atoms. The number of sulfone groups is 1. The molecule has 0 N–H and O–H groups in total. The van der Waals surface area contributed by atoms with Gasteiger partial charge in [-0.05, 0) is 41.7 Å². The van der Waals surface area contributed by atoms with E-state index >= 15 is 0 Å². The van der Waals surface area contributed by atoms with Crippen LogP contribution in [0, 0.1) is 11.8 Å². The normalized spacial score (nSPS) is 23.1. The van der Waals surface area contributed by atoms with Crippen molar-refractivity contribution >= 4 is 21.4 Å². The van der Waals surface area contributed by atoms with Crippen molar-refractivity contribution in [3.05, 3.63) is 35.4 Å². The molecule has 1 heterocycles. The van der Waals surface area contributed by atoms with Gasteiger partial charge in [-0.3, -0.25) is 0 Å². The van der Waals surface area contributed by atoms with Crippen molar-refractivity contribution in [3.63, 3.8) is 0 Å². The van der Waals surface area contributed by atoms with E-state index in [2.05, 4.69) is 38.1 Å². The van der Waals surface area contributed by atoms with Gasteiger partial charge in [-0.2, -0.15) is 0 Å². The summed E-state index contributed by atoms with van der Waals surface area (Å²) in [6.45, 7) is 4.36. The van der Waals surface area contributed by atoms with E-state index < -0.39 is 9.84 Å². The first-order valence-electron chi connectivity index (χ1n) is 7.26. The maximum absolute atomic E-state index is 11.6. The van der Waals surface area contributed by atoms with Gasteiger partial charge in [-0.25, -0.2) is 8.42 Å². The van der Waals surface area contributed by atoms with Crippen LogP contribution in [0.25, 0.3) is 0 Å². The Balaban J connectivity index is 2.03. The number of benzene rings is 1. The van der Waals surface area contributed by atoms with Crippen LogP contribution in [0.4, 0.5) is 0 Å². The number of halogens is 1. The first-order chi connectivity index (χ1) is 9.41. The van der Waals surface area contributed by atoms with E-state index in [1.54, 1.807) is 0 Å². The molecule has 1 aliphatic rings. The lowest BCUT2D eigenvalue weighted by atomic mass is 9.87. The second-order valence-corrected chi connectivity index (χ2v) is 8.72. The quantitative estimate of drug-likeness (QED) is 0.778. The van der Waals surface area contributed by atoms with Crippen LogP contribution in [0.3, 0.4) is 0 Å². The van der Waals surface area contributed by atoms with Gasteiger partial charge in [0.15, 0.2) is 9.84 Å². The van der Waals surface area contributed by atoms with Crippen molar-refractivity contribution < 1.29 is 8.42 Å². The Bertz CT molecular complexity index is 534. The highest BCUT2D eigenvalue weighted by Crippen LogP contribution is 2.29. The summed E-state index contributed by atoms with van der Waals surface area (Å²) >= 11 is 6.08. The monoisotopic (exact) mass is 314 g/mol. The van der Waals surface area contributed by atoms with Crippen LogP contribution < -0.4 is 0 Å². The van der Waals surface area contributed by atoms with Crippen molar-refractivity contribution in [2.75, 3.05) is 17.4 Å². The molecule has 0 amide bonds. The highest BCUT2D eigenvalue weighted by Gasteiger charge is 2.33. The number of rotatable bonds is 5. The Hall–Kier alpha value is -0.540. The molecule has 0 spiro atoms. The molecule has 2 rings (SSSR count). The van der Waals surface area contributed by atoms with Gasteiger partial charge >= 0.3 is 0 Å². The van der Waals surface area contributed by atoms with Gasteiger partial charge in [0, 0.05) is 5.88 Å². The third-order valence-corrected chi connectivity index (χ3v) is 6.47. The van der Waals surface area contributed by atoms with E-state index in [4.69, 9.17) is 11.6 Å². The standard InChI is InChI=1S/C16H23ClO2S/c1-12(2)14-5-3-13(4-6-14)9-16(10-17)15-7-8-20(18,19)11-15/h3-6,12,15-16H,7-11H2,1-2H3. The fourth-order valence-electron chi connectivity index (χ4n) is 2.88. The topological polar surface area (TPSA) is 34.1 Å². The summed E-state index contributed by atoms with van der Waals surface area (Å²) < 4.78 is 23.2. The smallest absolute Gasteiger partial charge is 0.150 e. The summed E-state index contributed by atoms with van der Waals surface area (Å²) in [4.78, 5) is 0. The molecule has 4 heteroatoms. The Morgan fingerprint density at radius 1 is 1.25 bits per heavy atom. The van der Waals surface area contributed by atoms with Crippen molar-refractivity contribution in [2.24, 2.45) is 11.8 Å². The molecule has 2 atom stereocenters. The van der Waals surface area contributed by atoms with Gasteiger partial charge in [0.2, 0.25) is 0 Å². The van der Waals surface area contributed by atoms with Crippen LogP contribution in [0.2, 0.25) is 0 Å². The van der Waals surface area contributed by atoms with Gasteiger partial charge in [-0.15, -0.1) is 11.6 Å². The summed E-state index contributed by atoms with van der Waals surface area (Å²) in [5.74, 6) is 2.20. The van der Waals surface area contributed by atoms with E-state index in [0.29, 0.717) is 23.3 Å². The summed E-state index contributed by atoms with van der Waals surface area (Å²) in [6.07, 6.45) is 1.64. The molecule has 1 aliphatic heterocycles. The molecule has 1 aromatic carbocycles. The van der Waals surface area contributed by atoms with Crippen molar-refractivity contribution in [1.82, 2.24) is 0 Å². The first kappa shape index (κ1) is 15.8. The van der Waals surface area contributed by atoms with Crippen molar-refractivity contribution in [2.45, 2.75) is 32.6 Å². The summed E-state index contributed by atoms with van der Waals surface area (Å²) in [5, 5.41) is 0. The fraction of sp³-hybridized carbons (Fsp3) is 0.625. The van der Waals surface area contributed by atoms with E-state index in [9.17, 15) is 8.42 Å². The first-order valence-corrected chi connectivity index (χ1v) is 9.62. The number of alkyl halides is 1.